The molecule has 0 fully saturated rings. The van der Waals surface area contributed by atoms with Crippen molar-refractivity contribution in [3.8, 4) is 0 Å². The summed E-state index contributed by atoms with van der Waals surface area (Å²) in [5, 5.41) is 0. The van der Waals surface area contributed by atoms with Gasteiger partial charge in [-0.05, 0) is 12.8 Å². The number of aryl methyl sites for hydroxylation is 1. The maximum Gasteiger partial charge on any atom is 0.146 e. The minimum absolute atomic E-state index is 0.383. The minimum atomic E-state index is 0.383. The fourth-order valence-corrected chi connectivity index (χ4v) is 1.15. The molecule has 0 aliphatic carbocycles. The highest BCUT2D eigenvalue weighted by Gasteiger charge is 2.04. The molecule has 0 unspecified atom stereocenters. The Morgan fingerprint density at radius 2 is 1.77 bits per heavy atom. The van der Waals surface area contributed by atoms with Gasteiger partial charge in [-0.1, -0.05) is 13.8 Å². The van der Waals surface area contributed by atoms with Crippen LogP contribution in [0, 0.1) is 12.8 Å². The zero-order valence-corrected chi connectivity index (χ0v) is 8.41. The maximum absolute atomic E-state index is 5.47. The van der Waals surface area contributed by atoms with Crippen LogP contribution in [0.2, 0.25) is 0 Å². The molecule has 0 bridgehead atoms. The zero-order valence-electron chi connectivity index (χ0n) is 8.41. The van der Waals surface area contributed by atoms with Crippen molar-refractivity contribution in [2.24, 2.45) is 11.7 Å². The molecule has 0 saturated heterocycles. The van der Waals surface area contributed by atoms with E-state index in [1.54, 1.807) is 0 Å². The second kappa shape index (κ2) is 4.28. The summed E-state index contributed by atoms with van der Waals surface area (Å²) in [4.78, 5) is 12.6. The van der Waals surface area contributed by atoms with Crippen LogP contribution in [-0.4, -0.2) is 15.0 Å². The molecule has 0 aliphatic heterocycles. The Labute approximate surface area is 78.6 Å². The fourth-order valence-electron chi connectivity index (χ4n) is 1.15. The third-order valence-electron chi connectivity index (χ3n) is 1.61. The Morgan fingerprint density at radius 3 is 2.31 bits per heavy atom. The van der Waals surface area contributed by atoms with Gasteiger partial charge < -0.3 is 5.73 Å². The first kappa shape index (κ1) is 10.1. The molecule has 0 amide bonds. The van der Waals surface area contributed by atoms with E-state index in [1.165, 1.54) is 0 Å². The van der Waals surface area contributed by atoms with Crippen molar-refractivity contribution in [3.63, 3.8) is 0 Å². The molecule has 0 aliphatic rings. The number of rotatable bonds is 3. The number of aromatic nitrogens is 3. The van der Waals surface area contributed by atoms with Crippen LogP contribution < -0.4 is 5.73 Å². The van der Waals surface area contributed by atoms with E-state index >= 15 is 0 Å². The van der Waals surface area contributed by atoms with Gasteiger partial charge in [-0.15, -0.1) is 0 Å². The summed E-state index contributed by atoms with van der Waals surface area (Å²) >= 11 is 0. The Balaban J connectivity index is 2.88. The van der Waals surface area contributed by atoms with Gasteiger partial charge in [-0.2, -0.15) is 0 Å². The molecule has 4 nitrogen and oxygen atoms in total. The van der Waals surface area contributed by atoms with E-state index in [-0.39, 0.29) is 0 Å². The van der Waals surface area contributed by atoms with Crippen molar-refractivity contribution >= 4 is 0 Å². The van der Waals surface area contributed by atoms with Crippen molar-refractivity contribution in [3.05, 3.63) is 17.5 Å². The quantitative estimate of drug-likeness (QED) is 0.748. The number of nitrogens with zero attached hydrogens (tertiary/aromatic N) is 3. The van der Waals surface area contributed by atoms with Crippen molar-refractivity contribution in [2.75, 3.05) is 0 Å². The molecule has 13 heavy (non-hydrogen) atoms. The predicted molar refractivity (Wildman–Crippen MR) is 51.0 cm³/mol. The first-order valence-electron chi connectivity index (χ1n) is 4.52. The van der Waals surface area contributed by atoms with Gasteiger partial charge >= 0.3 is 0 Å². The van der Waals surface area contributed by atoms with E-state index < -0.39 is 0 Å². The van der Waals surface area contributed by atoms with E-state index in [2.05, 4.69) is 28.8 Å². The lowest BCUT2D eigenvalue weighted by molar-refractivity contribution is 0.608. The largest absolute Gasteiger partial charge is 0.324 e. The summed E-state index contributed by atoms with van der Waals surface area (Å²) in [6, 6.07) is 0. The second-order valence-corrected chi connectivity index (χ2v) is 3.52. The molecule has 0 spiro atoms. The molecule has 1 aromatic rings. The highest BCUT2D eigenvalue weighted by molar-refractivity contribution is 4.96. The molecule has 1 rings (SSSR count). The fraction of sp³-hybridized carbons (Fsp3) is 0.667. The summed E-state index contributed by atoms with van der Waals surface area (Å²) in [5.41, 5.74) is 5.47. The molecular weight excluding hydrogens is 164 g/mol. The SMILES string of the molecule is Cc1nc(CN)nc(CC(C)C)n1. The van der Waals surface area contributed by atoms with Crippen LogP contribution >= 0.6 is 0 Å². The predicted octanol–water partition coefficient (Wildman–Crippen LogP) is 0.837. The van der Waals surface area contributed by atoms with Crippen LogP contribution in [0.4, 0.5) is 0 Å². The molecule has 1 aromatic heterocycles. The lowest BCUT2D eigenvalue weighted by atomic mass is 10.1. The number of nitrogens with two attached hydrogens (primary N) is 1. The summed E-state index contributed by atoms with van der Waals surface area (Å²) in [5.74, 6) is 2.85. The van der Waals surface area contributed by atoms with Gasteiger partial charge in [-0.25, -0.2) is 15.0 Å². The monoisotopic (exact) mass is 180 g/mol. The number of hydrogen-bond donors (Lipinski definition) is 1. The Morgan fingerprint density at radius 1 is 1.15 bits per heavy atom. The van der Waals surface area contributed by atoms with Gasteiger partial charge in [0.05, 0.1) is 6.54 Å². The summed E-state index contributed by atoms with van der Waals surface area (Å²) in [6.07, 6.45) is 0.885. The summed E-state index contributed by atoms with van der Waals surface area (Å²) < 4.78 is 0. The van der Waals surface area contributed by atoms with Gasteiger partial charge in [0, 0.05) is 6.42 Å². The molecule has 0 aromatic carbocycles. The standard InChI is InChI=1S/C9H16N4/c1-6(2)4-8-11-7(3)12-9(5-10)13-8/h6H,4-5,10H2,1-3H3. The minimum Gasteiger partial charge on any atom is -0.324 e. The second-order valence-electron chi connectivity index (χ2n) is 3.52. The molecule has 0 atom stereocenters. The number of hydrogen-bond acceptors (Lipinski definition) is 4. The van der Waals surface area contributed by atoms with E-state index in [9.17, 15) is 0 Å². The van der Waals surface area contributed by atoms with Crippen molar-refractivity contribution in [1.82, 2.24) is 15.0 Å². The highest BCUT2D eigenvalue weighted by Crippen LogP contribution is 2.03. The van der Waals surface area contributed by atoms with E-state index in [0.29, 0.717) is 18.3 Å². The van der Waals surface area contributed by atoms with E-state index in [1.807, 2.05) is 6.92 Å². The smallest absolute Gasteiger partial charge is 0.146 e. The maximum atomic E-state index is 5.47. The molecular formula is C9H16N4. The van der Waals surface area contributed by atoms with Crippen LogP contribution in [0.5, 0.6) is 0 Å². The molecule has 0 saturated carbocycles. The lowest BCUT2D eigenvalue weighted by Crippen LogP contribution is -2.10. The summed E-state index contributed by atoms with van der Waals surface area (Å²) in [6.45, 7) is 6.53. The van der Waals surface area contributed by atoms with Crippen LogP contribution in [0.1, 0.15) is 31.3 Å². The van der Waals surface area contributed by atoms with E-state index in [4.69, 9.17) is 5.73 Å². The van der Waals surface area contributed by atoms with Gasteiger partial charge in [0.1, 0.15) is 17.5 Å². The van der Waals surface area contributed by atoms with Gasteiger partial charge in [-0.3, -0.25) is 0 Å². The first-order valence-corrected chi connectivity index (χ1v) is 4.52. The van der Waals surface area contributed by atoms with Crippen LogP contribution in [0.25, 0.3) is 0 Å². The normalized spacial score (nSPS) is 10.8. The Bertz CT molecular complexity index is 283. The van der Waals surface area contributed by atoms with Crippen LogP contribution in [0.3, 0.4) is 0 Å². The van der Waals surface area contributed by atoms with Crippen LogP contribution in [-0.2, 0) is 13.0 Å². The third-order valence-corrected chi connectivity index (χ3v) is 1.61. The average molecular weight is 180 g/mol. The van der Waals surface area contributed by atoms with Crippen molar-refractivity contribution < 1.29 is 0 Å². The third kappa shape index (κ3) is 3.06. The zero-order chi connectivity index (χ0) is 9.84. The van der Waals surface area contributed by atoms with Gasteiger partial charge in [0.15, 0.2) is 0 Å². The Hall–Kier alpha value is -1.03. The molecule has 2 N–H and O–H groups in total. The lowest BCUT2D eigenvalue weighted by Gasteiger charge is -2.05. The van der Waals surface area contributed by atoms with E-state index in [0.717, 1.165) is 18.1 Å². The topological polar surface area (TPSA) is 64.7 Å². The van der Waals surface area contributed by atoms with Gasteiger partial charge in [0.2, 0.25) is 0 Å². The highest BCUT2D eigenvalue weighted by atomic mass is 15.0. The Kier molecular flexibility index (Phi) is 3.31. The van der Waals surface area contributed by atoms with Crippen LogP contribution in [0.15, 0.2) is 0 Å². The summed E-state index contributed by atoms with van der Waals surface area (Å²) in [7, 11) is 0. The van der Waals surface area contributed by atoms with Crippen molar-refractivity contribution in [2.45, 2.75) is 33.7 Å². The van der Waals surface area contributed by atoms with Crippen molar-refractivity contribution in [1.29, 1.82) is 0 Å². The van der Waals surface area contributed by atoms with Gasteiger partial charge in [0.25, 0.3) is 0 Å². The molecule has 1 heterocycles. The first-order chi connectivity index (χ1) is 6.11. The molecule has 0 radical (unpaired) electrons. The average Bonchev–Trinajstić information content (AvgIpc) is 2.01. The molecule has 72 valence electrons. The molecule has 4 heteroatoms.